The third-order valence-corrected chi connectivity index (χ3v) is 0. The molecule has 0 aliphatic heterocycles. The molecule has 0 rings (SSSR count). The van der Waals surface area contributed by atoms with Gasteiger partial charge in [0.05, 0.1) is 0 Å². The van der Waals surface area contributed by atoms with Crippen LogP contribution in [0.2, 0.25) is 0 Å². The fourth-order valence-corrected chi connectivity index (χ4v) is 0. The zero-order valence-electron chi connectivity index (χ0n) is 5.42. The van der Waals surface area contributed by atoms with Crippen molar-refractivity contribution < 1.29 is 50.8 Å². The normalized spacial score (nSPS) is 2.77. The third kappa shape index (κ3) is 370. The van der Waals surface area contributed by atoms with Crippen LogP contribution in [-0.2, 0) is 27.5 Å². The first-order valence-corrected chi connectivity index (χ1v) is 3.52. The van der Waals surface area contributed by atoms with Crippen molar-refractivity contribution in [1.29, 1.82) is 0 Å². The Kier molecular flexibility index (Phi) is 1500. The van der Waals surface area contributed by atoms with Crippen molar-refractivity contribution >= 4 is 76.7 Å². The molecule has 0 unspecified atom stereocenters. The molecule has 0 radical (unpaired) electrons. The van der Waals surface area contributed by atoms with E-state index in [1.807, 2.05) is 0 Å². The van der Waals surface area contributed by atoms with E-state index < -0.39 is 0 Å². The van der Waals surface area contributed by atoms with Gasteiger partial charge in [0.2, 0.25) is 0 Å². The van der Waals surface area contributed by atoms with Crippen molar-refractivity contribution in [3.63, 3.8) is 0 Å². The second-order valence-corrected chi connectivity index (χ2v) is 0. The first-order valence-electron chi connectivity index (χ1n) is 0.976. The Morgan fingerprint density at radius 1 is 0.538 bits per heavy atom. The molecule has 0 aliphatic carbocycles. The van der Waals surface area contributed by atoms with Crippen LogP contribution in [0.1, 0.15) is 0 Å². The monoisotopic (exact) mass is 388 g/mol. The molecular weight excluding hydrogens is 391 g/mol. The van der Waals surface area contributed by atoms with Crippen LogP contribution in [-0.4, -0.2) is 17.4 Å². The minimum absolute atomic E-state index is 0. The molecule has 0 aromatic heterocycles. The van der Waals surface area contributed by atoms with Gasteiger partial charge in [-0.2, -0.15) is 0 Å². The Hall–Kier alpha value is 2.47. The number of hydrogen-bond donors (Lipinski definition) is 0. The van der Waals surface area contributed by atoms with E-state index in [1.165, 1.54) is 0 Å². The molecule has 0 aliphatic rings. The van der Waals surface area contributed by atoms with Crippen LogP contribution in [0.15, 0.2) is 0 Å². The average Bonchev–Trinajstić information content (AvgIpc) is 2.33. The molecule has 78 valence electrons. The molecule has 0 saturated carbocycles. The van der Waals surface area contributed by atoms with Gasteiger partial charge in [0.1, 0.15) is 0 Å². The molecule has 0 aromatic carbocycles. The second kappa shape index (κ2) is 431. The van der Waals surface area contributed by atoms with E-state index in [2.05, 4.69) is 59.3 Å². The van der Waals surface area contributed by atoms with E-state index in [1.54, 1.807) is 0 Å². The topological polar surface area (TPSA) is 132 Å². The van der Waals surface area contributed by atoms with Crippen molar-refractivity contribution in [2.75, 3.05) is 0 Å². The van der Waals surface area contributed by atoms with Crippen molar-refractivity contribution in [3.05, 3.63) is 0 Å². The van der Waals surface area contributed by atoms with Gasteiger partial charge in [0.15, 0.2) is 0 Å². The Balaban J connectivity index is -0.00000000655. The quantitative estimate of drug-likeness (QED) is 0.404. The van der Waals surface area contributed by atoms with E-state index in [4.69, 9.17) is 26.1 Å². The molecule has 0 atom stereocenters. The molecule has 6 nitrogen and oxygen atoms in total. The Morgan fingerprint density at radius 3 is 0.538 bits per heavy atom. The molecule has 0 fully saturated rings. The summed E-state index contributed by atoms with van der Waals surface area (Å²) in [5, 5.41) is 0. The van der Waals surface area contributed by atoms with E-state index in [0.717, 1.165) is 0 Å². The van der Waals surface area contributed by atoms with Gasteiger partial charge in [-0.15, -0.1) is 0 Å². The Labute approximate surface area is 126 Å². The van der Waals surface area contributed by atoms with Crippen molar-refractivity contribution in [3.8, 4) is 0 Å². The van der Waals surface area contributed by atoms with Crippen molar-refractivity contribution in [2.45, 2.75) is 0 Å². The van der Waals surface area contributed by atoms with Gasteiger partial charge in [0.25, 0.3) is 0 Å². The minimum atomic E-state index is 0. The molecule has 13 heteroatoms. The molecular formula is AlCl5O6Zr. The summed E-state index contributed by atoms with van der Waals surface area (Å²) < 4.78 is 47.0. The second-order valence-electron chi connectivity index (χ2n) is 0. The number of hydrogen-bond acceptors (Lipinski definition) is 6. The van der Waals surface area contributed by atoms with Crippen LogP contribution in [0.3, 0.4) is 0 Å². The predicted octanol–water partition coefficient (Wildman–Crippen LogP) is -3.00. The van der Waals surface area contributed by atoms with Crippen molar-refractivity contribution in [2.24, 2.45) is 0 Å². The van der Waals surface area contributed by atoms with Gasteiger partial charge in [-0.1, -0.05) is 0 Å². The van der Waals surface area contributed by atoms with Gasteiger partial charge in [-0.25, -0.2) is 59.3 Å². The molecule has 13 heavy (non-hydrogen) atoms. The molecule has 0 amide bonds. The summed E-state index contributed by atoms with van der Waals surface area (Å²) in [7, 11) is 0. The Bertz CT molecular complexity index is 21.0. The van der Waals surface area contributed by atoms with Gasteiger partial charge in [0, 0.05) is 0 Å². The summed E-state index contributed by atoms with van der Waals surface area (Å²) in [6, 6.07) is 0. The van der Waals surface area contributed by atoms with Crippen LogP contribution >= 0.6 is 59.3 Å². The van der Waals surface area contributed by atoms with E-state index in [-0.39, 0.29) is 17.4 Å². The van der Waals surface area contributed by atoms with Gasteiger partial charge < -0.3 is 23.3 Å². The van der Waals surface area contributed by atoms with Crippen LogP contribution < -0.4 is 23.3 Å². The zero-order valence-corrected chi connectivity index (χ0v) is 12.8. The summed E-state index contributed by atoms with van der Waals surface area (Å²) in [5.74, 6) is 0. The average molecular weight is 391 g/mol. The van der Waals surface area contributed by atoms with Crippen LogP contribution in [0.4, 0.5) is 0 Å². The summed E-state index contributed by atoms with van der Waals surface area (Å²) in [6.07, 6.45) is 0. The first kappa shape index (κ1) is 45.2. The van der Waals surface area contributed by atoms with Crippen LogP contribution in [0.25, 0.3) is 0 Å². The summed E-state index contributed by atoms with van der Waals surface area (Å²) in [4.78, 5) is 0. The predicted molar refractivity (Wildman–Crippen MR) is 35.7 cm³/mol. The SMILES string of the molecule is [Al+3].[O-]Cl.[O-]Cl.[O-]Cl.[O-]Cl.[O-]Cl.[O]=[Zr+2]. The van der Waals surface area contributed by atoms with Crippen LogP contribution in [0.5, 0.6) is 0 Å². The molecule has 0 saturated heterocycles. The van der Waals surface area contributed by atoms with Crippen LogP contribution in [0, 0.1) is 0 Å². The molecule has 0 aromatic rings. The molecule has 0 N–H and O–H groups in total. The third-order valence-electron chi connectivity index (χ3n) is 0. The standard InChI is InChI=1S/Al.5ClO.O.Zr/c;5*1-2;;/q+3;5*-1;;+2. The maximum absolute atomic E-state index is 8.34. The van der Waals surface area contributed by atoms with E-state index in [9.17, 15) is 0 Å². The Morgan fingerprint density at radius 2 is 0.538 bits per heavy atom. The van der Waals surface area contributed by atoms with E-state index >= 15 is 0 Å². The number of halogens is 5. The fraction of sp³-hybridized carbons (Fsp3) is 0. The molecule has 0 bridgehead atoms. The summed E-state index contributed by atoms with van der Waals surface area (Å²) >= 11 is 17.2. The molecule has 0 heterocycles. The maximum atomic E-state index is 8.34. The first-order chi connectivity index (χ1) is 6.00. The van der Waals surface area contributed by atoms with Gasteiger partial charge >= 0.3 is 44.9 Å². The molecule has 0 spiro atoms. The fourth-order valence-electron chi connectivity index (χ4n) is 0. The van der Waals surface area contributed by atoms with E-state index in [0.29, 0.717) is 24.7 Å². The van der Waals surface area contributed by atoms with Gasteiger partial charge in [-0.05, 0) is 0 Å². The van der Waals surface area contributed by atoms with Gasteiger partial charge in [-0.3, -0.25) is 0 Å². The summed E-state index contributed by atoms with van der Waals surface area (Å²) in [6.45, 7) is 0. The van der Waals surface area contributed by atoms with Crippen molar-refractivity contribution in [1.82, 2.24) is 0 Å². The number of rotatable bonds is 0. The summed E-state index contributed by atoms with van der Waals surface area (Å²) in [5.41, 5.74) is 0. The zero-order chi connectivity index (χ0) is 12.0.